The number of hydrogen-bond donors (Lipinski definition) is 1. The summed E-state index contributed by atoms with van der Waals surface area (Å²) < 4.78 is 10.8. The van der Waals surface area contributed by atoms with E-state index in [1.165, 1.54) is 6.08 Å². The van der Waals surface area contributed by atoms with E-state index in [4.69, 9.17) is 9.47 Å². The molecule has 0 saturated carbocycles. The molecule has 4 nitrogen and oxygen atoms in total. The molecule has 0 atom stereocenters. The van der Waals surface area contributed by atoms with Gasteiger partial charge in [0, 0.05) is 0 Å². The summed E-state index contributed by atoms with van der Waals surface area (Å²) in [4.78, 5) is 11.3. The molecule has 0 heterocycles. The first-order chi connectivity index (χ1) is 10.6. The first-order valence-electron chi connectivity index (χ1n) is 7.01. The minimum absolute atomic E-state index is 0.131. The molecule has 2 aromatic rings. The van der Waals surface area contributed by atoms with E-state index in [0.29, 0.717) is 12.4 Å². The number of benzene rings is 2. The molecule has 22 heavy (non-hydrogen) atoms. The molecule has 0 bridgehead atoms. The maximum Gasteiger partial charge on any atom is 0.371 e. The number of carbonyl (C=O) groups is 1. The van der Waals surface area contributed by atoms with Crippen molar-refractivity contribution in [1.82, 2.24) is 0 Å². The zero-order valence-electron chi connectivity index (χ0n) is 12.6. The molecule has 114 valence electrons. The number of aliphatic carboxylic acids is 1. The zero-order valence-corrected chi connectivity index (χ0v) is 12.6. The van der Waals surface area contributed by atoms with E-state index in [2.05, 4.69) is 0 Å². The Bertz CT molecular complexity index is 654. The van der Waals surface area contributed by atoms with Gasteiger partial charge in [-0.1, -0.05) is 29.8 Å². The van der Waals surface area contributed by atoms with E-state index in [-0.39, 0.29) is 5.76 Å². The van der Waals surface area contributed by atoms with Gasteiger partial charge in [0.05, 0.1) is 6.61 Å². The van der Waals surface area contributed by atoms with Gasteiger partial charge in [-0.05, 0) is 49.8 Å². The van der Waals surface area contributed by atoms with Crippen molar-refractivity contribution in [2.24, 2.45) is 0 Å². The van der Waals surface area contributed by atoms with Crippen molar-refractivity contribution < 1.29 is 19.4 Å². The third-order valence-corrected chi connectivity index (χ3v) is 2.95. The summed E-state index contributed by atoms with van der Waals surface area (Å²) in [6.07, 6.45) is 1.48. The van der Waals surface area contributed by atoms with Gasteiger partial charge in [-0.25, -0.2) is 4.79 Å². The van der Waals surface area contributed by atoms with Gasteiger partial charge >= 0.3 is 5.97 Å². The average molecular weight is 298 g/mol. The lowest BCUT2D eigenvalue weighted by Gasteiger charge is -2.07. The number of ether oxygens (including phenoxy) is 2. The fourth-order valence-corrected chi connectivity index (χ4v) is 1.85. The van der Waals surface area contributed by atoms with E-state index < -0.39 is 5.97 Å². The van der Waals surface area contributed by atoms with Gasteiger partial charge in [0.25, 0.3) is 0 Å². The van der Waals surface area contributed by atoms with Gasteiger partial charge in [0.2, 0.25) is 5.76 Å². The molecule has 0 aliphatic heterocycles. The lowest BCUT2D eigenvalue weighted by atomic mass is 10.2. The van der Waals surface area contributed by atoms with Crippen molar-refractivity contribution >= 4 is 12.0 Å². The van der Waals surface area contributed by atoms with E-state index in [9.17, 15) is 9.90 Å². The molecule has 0 unspecified atom stereocenters. The molecule has 0 aliphatic rings. The highest BCUT2D eigenvalue weighted by atomic mass is 16.5. The summed E-state index contributed by atoms with van der Waals surface area (Å²) in [6, 6.07) is 14.4. The number of aryl methyl sites for hydroxylation is 1. The van der Waals surface area contributed by atoms with Crippen LogP contribution in [0.15, 0.2) is 54.3 Å². The maximum atomic E-state index is 11.3. The second-order valence-electron chi connectivity index (χ2n) is 4.73. The standard InChI is InChI=1S/C18H18O4/c1-3-21-15-10-6-14(7-11-15)12-17(18(19)20)22-16-8-4-13(2)5-9-16/h4-12H,3H2,1-2H3,(H,19,20). The molecule has 0 radical (unpaired) electrons. The zero-order chi connectivity index (χ0) is 15.9. The Balaban J connectivity index is 2.19. The smallest absolute Gasteiger partial charge is 0.371 e. The van der Waals surface area contributed by atoms with Crippen LogP contribution >= 0.6 is 0 Å². The van der Waals surface area contributed by atoms with Crippen molar-refractivity contribution in [3.63, 3.8) is 0 Å². The summed E-state index contributed by atoms with van der Waals surface area (Å²) in [5.74, 6) is -0.0105. The van der Waals surface area contributed by atoms with Crippen LogP contribution in [-0.2, 0) is 4.79 Å². The van der Waals surface area contributed by atoms with Crippen LogP contribution in [-0.4, -0.2) is 17.7 Å². The van der Waals surface area contributed by atoms with Crippen LogP contribution < -0.4 is 9.47 Å². The van der Waals surface area contributed by atoms with Crippen LogP contribution in [0.25, 0.3) is 6.08 Å². The summed E-state index contributed by atoms with van der Waals surface area (Å²) in [6.45, 7) is 4.45. The van der Waals surface area contributed by atoms with Crippen LogP contribution in [0.4, 0.5) is 0 Å². The van der Waals surface area contributed by atoms with E-state index >= 15 is 0 Å². The molecule has 2 aromatic carbocycles. The lowest BCUT2D eigenvalue weighted by molar-refractivity contribution is -0.134. The van der Waals surface area contributed by atoms with Crippen LogP contribution in [0.2, 0.25) is 0 Å². The number of rotatable bonds is 6. The molecule has 0 aliphatic carbocycles. The molecule has 2 rings (SSSR count). The number of carboxylic acids is 1. The van der Waals surface area contributed by atoms with Gasteiger partial charge in [-0.3, -0.25) is 0 Å². The highest BCUT2D eigenvalue weighted by Gasteiger charge is 2.10. The highest BCUT2D eigenvalue weighted by molar-refractivity contribution is 5.90. The Labute approximate surface area is 129 Å². The lowest BCUT2D eigenvalue weighted by Crippen LogP contribution is -2.07. The molecule has 0 aromatic heterocycles. The van der Waals surface area contributed by atoms with E-state index in [1.54, 1.807) is 36.4 Å². The molecule has 1 N–H and O–H groups in total. The first-order valence-corrected chi connectivity index (χ1v) is 7.01. The van der Waals surface area contributed by atoms with Crippen LogP contribution in [0, 0.1) is 6.92 Å². The van der Waals surface area contributed by atoms with E-state index in [0.717, 1.165) is 16.9 Å². The molecule has 0 spiro atoms. The summed E-state index contributed by atoms with van der Waals surface area (Å²) in [7, 11) is 0. The Hall–Kier alpha value is -2.75. The topological polar surface area (TPSA) is 55.8 Å². The molecule has 4 heteroatoms. The normalized spacial score (nSPS) is 11.1. The Kier molecular flexibility index (Phi) is 5.20. The SMILES string of the molecule is CCOc1ccc(C=C(Oc2ccc(C)cc2)C(=O)O)cc1. The van der Waals surface area contributed by atoms with Gasteiger partial charge in [0.1, 0.15) is 11.5 Å². The summed E-state index contributed by atoms with van der Waals surface area (Å²) in [5, 5.41) is 9.27. The molecular formula is C18H18O4. The second-order valence-corrected chi connectivity index (χ2v) is 4.73. The number of hydrogen-bond acceptors (Lipinski definition) is 3. The fraction of sp³-hybridized carbons (Fsp3) is 0.167. The Morgan fingerprint density at radius 1 is 1.05 bits per heavy atom. The van der Waals surface area contributed by atoms with Gasteiger partial charge < -0.3 is 14.6 Å². The number of carboxylic acid groups (broad SMARTS) is 1. The third-order valence-electron chi connectivity index (χ3n) is 2.95. The Morgan fingerprint density at radius 3 is 2.18 bits per heavy atom. The molecule has 0 amide bonds. The summed E-state index contributed by atoms with van der Waals surface area (Å²) in [5.41, 5.74) is 1.81. The molecule has 0 saturated heterocycles. The molecule has 0 fully saturated rings. The van der Waals surface area contributed by atoms with E-state index in [1.807, 2.05) is 26.0 Å². The van der Waals surface area contributed by atoms with Gasteiger partial charge in [0.15, 0.2) is 0 Å². The quantitative estimate of drug-likeness (QED) is 0.649. The van der Waals surface area contributed by atoms with Gasteiger partial charge in [-0.2, -0.15) is 0 Å². The van der Waals surface area contributed by atoms with Crippen molar-refractivity contribution in [3.05, 3.63) is 65.4 Å². The molecular weight excluding hydrogens is 280 g/mol. The Morgan fingerprint density at radius 2 is 1.64 bits per heavy atom. The summed E-state index contributed by atoms with van der Waals surface area (Å²) >= 11 is 0. The average Bonchev–Trinajstić information content (AvgIpc) is 2.51. The van der Waals surface area contributed by atoms with Crippen LogP contribution in [0.1, 0.15) is 18.1 Å². The minimum Gasteiger partial charge on any atom is -0.494 e. The minimum atomic E-state index is -1.12. The third kappa shape index (κ3) is 4.38. The fourth-order valence-electron chi connectivity index (χ4n) is 1.85. The monoisotopic (exact) mass is 298 g/mol. The predicted octanol–water partition coefficient (Wildman–Crippen LogP) is 3.90. The van der Waals surface area contributed by atoms with Gasteiger partial charge in [-0.15, -0.1) is 0 Å². The first kappa shape index (κ1) is 15.6. The van der Waals surface area contributed by atoms with Crippen molar-refractivity contribution in [2.75, 3.05) is 6.61 Å². The largest absolute Gasteiger partial charge is 0.494 e. The van der Waals surface area contributed by atoms with Crippen molar-refractivity contribution in [3.8, 4) is 11.5 Å². The van der Waals surface area contributed by atoms with Crippen molar-refractivity contribution in [2.45, 2.75) is 13.8 Å². The predicted molar refractivity (Wildman–Crippen MR) is 85.0 cm³/mol. The van der Waals surface area contributed by atoms with Crippen LogP contribution in [0.5, 0.6) is 11.5 Å². The highest BCUT2D eigenvalue weighted by Crippen LogP contribution is 2.18. The van der Waals surface area contributed by atoms with Crippen molar-refractivity contribution in [1.29, 1.82) is 0 Å². The maximum absolute atomic E-state index is 11.3. The second kappa shape index (κ2) is 7.31. The van der Waals surface area contributed by atoms with Crippen LogP contribution in [0.3, 0.4) is 0 Å².